The van der Waals surface area contributed by atoms with E-state index in [1.807, 2.05) is 32.0 Å². The normalized spacial score (nSPS) is 11.1. The number of aromatic hydroxyl groups is 1. The molecule has 0 spiro atoms. The lowest BCUT2D eigenvalue weighted by atomic mass is 10.1. The number of nitrogens with zero attached hydrogens (tertiary/aromatic N) is 1. The lowest BCUT2D eigenvalue weighted by Crippen LogP contribution is -2.25. The highest BCUT2D eigenvalue weighted by atomic mass is 32.1. The molecular formula is C18H21N3O2S. The van der Waals surface area contributed by atoms with Gasteiger partial charge in [0.1, 0.15) is 11.5 Å². The molecule has 0 radical (unpaired) electrons. The number of methoxy groups -OCH3 is 1. The summed E-state index contributed by atoms with van der Waals surface area (Å²) >= 11 is 5.27. The Hall–Kier alpha value is -2.60. The number of rotatable bonds is 4. The van der Waals surface area contributed by atoms with Crippen molar-refractivity contribution in [2.75, 3.05) is 12.4 Å². The van der Waals surface area contributed by atoms with E-state index in [0.717, 1.165) is 11.3 Å². The Morgan fingerprint density at radius 2 is 1.96 bits per heavy atom. The summed E-state index contributed by atoms with van der Waals surface area (Å²) in [6.45, 7) is 5.86. The number of aryl methyl sites for hydroxylation is 1. The number of benzene rings is 2. The van der Waals surface area contributed by atoms with Crippen LogP contribution in [0.5, 0.6) is 11.5 Å². The molecule has 2 rings (SSSR count). The molecule has 0 atom stereocenters. The third kappa shape index (κ3) is 4.23. The molecule has 0 saturated heterocycles. The number of phenols is 1. The first-order valence-electron chi connectivity index (χ1n) is 7.47. The summed E-state index contributed by atoms with van der Waals surface area (Å²) in [5.41, 5.74) is 7.22. The van der Waals surface area contributed by atoms with E-state index < -0.39 is 0 Å². The highest BCUT2D eigenvalue weighted by Gasteiger charge is 2.07. The molecule has 2 aromatic rings. The van der Waals surface area contributed by atoms with E-state index >= 15 is 0 Å². The van der Waals surface area contributed by atoms with Gasteiger partial charge in [0.25, 0.3) is 0 Å². The zero-order valence-electron chi connectivity index (χ0n) is 14.2. The minimum atomic E-state index is 0.132. The Balaban J connectivity index is 2.09. The van der Waals surface area contributed by atoms with Gasteiger partial charge >= 0.3 is 0 Å². The van der Waals surface area contributed by atoms with Crippen LogP contribution in [0.2, 0.25) is 0 Å². The van der Waals surface area contributed by atoms with Gasteiger partial charge in [-0.2, -0.15) is 5.10 Å². The fourth-order valence-electron chi connectivity index (χ4n) is 2.16. The predicted molar refractivity (Wildman–Crippen MR) is 102 cm³/mol. The topological polar surface area (TPSA) is 65.9 Å². The van der Waals surface area contributed by atoms with Crippen molar-refractivity contribution in [1.82, 2.24) is 5.43 Å². The monoisotopic (exact) mass is 343 g/mol. The molecule has 0 amide bonds. The summed E-state index contributed by atoms with van der Waals surface area (Å²) < 4.78 is 5.16. The van der Waals surface area contributed by atoms with Crippen LogP contribution in [-0.4, -0.2) is 23.0 Å². The van der Waals surface area contributed by atoms with Crippen molar-refractivity contribution in [1.29, 1.82) is 0 Å². The van der Waals surface area contributed by atoms with Crippen molar-refractivity contribution in [2.45, 2.75) is 20.8 Å². The van der Waals surface area contributed by atoms with Gasteiger partial charge in [0.2, 0.25) is 0 Å². The van der Waals surface area contributed by atoms with E-state index in [0.29, 0.717) is 22.1 Å². The number of phenolic OH excluding ortho intramolecular Hbond substituents is 1. The van der Waals surface area contributed by atoms with Gasteiger partial charge in [0.15, 0.2) is 5.11 Å². The molecule has 0 saturated carbocycles. The van der Waals surface area contributed by atoms with Crippen LogP contribution in [-0.2, 0) is 0 Å². The van der Waals surface area contributed by atoms with E-state index in [-0.39, 0.29) is 5.75 Å². The predicted octanol–water partition coefficient (Wildman–Crippen LogP) is 3.73. The highest BCUT2D eigenvalue weighted by molar-refractivity contribution is 7.80. The minimum absolute atomic E-state index is 0.132. The first-order chi connectivity index (χ1) is 11.4. The third-order valence-corrected chi connectivity index (χ3v) is 3.96. The smallest absolute Gasteiger partial charge is 0.191 e. The average molecular weight is 343 g/mol. The Kier molecular flexibility index (Phi) is 5.76. The molecular weight excluding hydrogens is 322 g/mol. The van der Waals surface area contributed by atoms with Crippen LogP contribution in [0.25, 0.3) is 0 Å². The minimum Gasteiger partial charge on any atom is -0.507 e. The van der Waals surface area contributed by atoms with Crippen molar-refractivity contribution < 1.29 is 9.84 Å². The lowest BCUT2D eigenvalue weighted by Gasteiger charge is -2.12. The van der Waals surface area contributed by atoms with Crippen LogP contribution in [0.1, 0.15) is 23.6 Å². The highest BCUT2D eigenvalue weighted by Crippen LogP contribution is 2.23. The fraction of sp³-hybridized carbons (Fsp3) is 0.222. The average Bonchev–Trinajstić information content (AvgIpc) is 2.57. The van der Waals surface area contributed by atoms with Crippen molar-refractivity contribution >= 4 is 28.7 Å². The Morgan fingerprint density at radius 3 is 2.67 bits per heavy atom. The standard InChI is InChI=1S/C18H21N3O2S/c1-11-6-5-7-16(12(11)2)19-18(24)21-20-13(3)15-10-14(23-4)8-9-17(15)22/h5-10,22H,1-4H3,(H2,19,21,24)/b20-13+. The van der Waals surface area contributed by atoms with Gasteiger partial charge in [-0.15, -0.1) is 0 Å². The van der Waals surface area contributed by atoms with Crippen LogP contribution in [0.4, 0.5) is 5.69 Å². The Bertz CT molecular complexity index is 788. The summed E-state index contributed by atoms with van der Waals surface area (Å²) in [5.74, 6) is 0.778. The number of anilines is 1. The van der Waals surface area contributed by atoms with Crippen molar-refractivity contribution in [3.05, 3.63) is 53.1 Å². The zero-order chi connectivity index (χ0) is 17.7. The Labute approximate surface area is 147 Å². The molecule has 0 aromatic heterocycles. The van der Waals surface area contributed by atoms with Gasteiger partial charge in [0, 0.05) is 11.3 Å². The van der Waals surface area contributed by atoms with E-state index in [1.54, 1.807) is 32.2 Å². The van der Waals surface area contributed by atoms with Crippen molar-refractivity contribution in [3.63, 3.8) is 0 Å². The second kappa shape index (κ2) is 7.79. The number of hydrogen-bond acceptors (Lipinski definition) is 4. The molecule has 6 heteroatoms. The number of hydrogen-bond donors (Lipinski definition) is 3. The SMILES string of the molecule is COc1ccc(O)c(/C(C)=N/NC(=S)Nc2cccc(C)c2C)c1. The van der Waals surface area contributed by atoms with Crippen LogP contribution < -0.4 is 15.5 Å². The first-order valence-corrected chi connectivity index (χ1v) is 7.88. The summed E-state index contributed by atoms with van der Waals surface area (Å²) in [6.07, 6.45) is 0. The molecule has 0 aliphatic rings. The van der Waals surface area contributed by atoms with Gasteiger partial charge < -0.3 is 15.2 Å². The third-order valence-electron chi connectivity index (χ3n) is 3.77. The molecule has 0 heterocycles. The summed E-state index contributed by atoms with van der Waals surface area (Å²) in [6, 6.07) is 10.9. The van der Waals surface area contributed by atoms with Gasteiger partial charge in [-0.05, 0) is 68.4 Å². The molecule has 126 valence electrons. The molecule has 0 aliphatic heterocycles. The van der Waals surface area contributed by atoms with E-state index in [2.05, 4.69) is 15.8 Å². The maximum atomic E-state index is 9.96. The van der Waals surface area contributed by atoms with E-state index in [1.165, 1.54) is 5.56 Å². The van der Waals surface area contributed by atoms with Gasteiger partial charge in [-0.1, -0.05) is 12.1 Å². The molecule has 0 unspecified atom stereocenters. The molecule has 0 aliphatic carbocycles. The zero-order valence-corrected chi connectivity index (χ0v) is 15.0. The molecule has 0 fully saturated rings. The second-order valence-corrected chi connectivity index (χ2v) is 5.80. The first kappa shape index (κ1) is 17.7. The van der Waals surface area contributed by atoms with Crippen molar-refractivity contribution in [3.8, 4) is 11.5 Å². The summed E-state index contributed by atoms with van der Waals surface area (Å²) in [5, 5.41) is 17.7. The molecule has 5 nitrogen and oxygen atoms in total. The van der Waals surface area contributed by atoms with Crippen LogP contribution in [0, 0.1) is 13.8 Å². The van der Waals surface area contributed by atoms with Gasteiger partial charge in [0.05, 0.1) is 12.8 Å². The second-order valence-electron chi connectivity index (χ2n) is 5.39. The number of nitrogens with one attached hydrogen (secondary N) is 2. The summed E-state index contributed by atoms with van der Waals surface area (Å²) in [7, 11) is 1.57. The molecule has 24 heavy (non-hydrogen) atoms. The maximum Gasteiger partial charge on any atom is 0.191 e. The molecule has 2 aromatic carbocycles. The largest absolute Gasteiger partial charge is 0.507 e. The van der Waals surface area contributed by atoms with Crippen LogP contribution >= 0.6 is 12.2 Å². The van der Waals surface area contributed by atoms with Gasteiger partial charge in [-0.3, -0.25) is 5.43 Å². The maximum absolute atomic E-state index is 9.96. The lowest BCUT2D eigenvalue weighted by molar-refractivity contribution is 0.412. The molecule has 3 N–H and O–H groups in total. The van der Waals surface area contributed by atoms with Gasteiger partial charge in [-0.25, -0.2) is 0 Å². The summed E-state index contributed by atoms with van der Waals surface area (Å²) in [4.78, 5) is 0. The number of hydrazone groups is 1. The molecule has 0 bridgehead atoms. The van der Waals surface area contributed by atoms with Crippen LogP contribution in [0.15, 0.2) is 41.5 Å². The quantitative estimate of drug-likeness (QED) is 0.448. The fourth-order valence-corrected chi connectivity index (χ4v) is 2.32. The number of thiocarbonyl (C=S) groups is 1. The number of ether oxygens (including phenoxy) is 1. The Morgan fingerprint density at radius 1 is 1.21 bits per heavy atom. The van der Waals surface area contributed by atoms with Crippen molar-refractivity contribution in [2.24, 2.45) is 5.10 Å². The van der Waals surface area contributed by atoms with E-state index in [9.17, 15) is 5.11 Å². The van der Waals surface area contributed by atoms with Crippen LogP contribution in [0.3, 0.4) is 0 Å². The van der Waals surface area contributed by atoms with E-state index in [4.69, 9.17) is 17.0 Å².